The van der Waals surface area contributed by atoms with Gasteiger partial charge in [-0.2, -0.15) is 0 Å². The molecule has 1 fully saturated rings. The summed E-state index contributed by atoms with van der Waals surface area (Å²) in [5, 5.41) is 4.08. The molecule has 0 radical (unpaired) electrons. The Morgan fingerprint density at radius 2 is 1.78 bits per heavy atom. The number of benzene rings is 2. The molecule has 5 heteroatoms. The molecule has 0 saturated carbocycles. The number of anilines is 1. The van der Waals surface area contributed by atoms with Crippen LogP contribution in [0.3, 0.4) is 0 Å². The van der Waals surface area contributed by atoms with Crippen LogP contribution in [0, 0.1) is 5.92 Å². The molecule has 1 atom stereocenters. The van der Waals surface area contributed by atoms with Gasteiger partial charge in [-0.05, 0) is 67.7 Å². The first-order valence-electron chi connectivity index (χ1n) is 11.2. The second-order valence-corrected chi connectivity index (χ2v) is 8.57. The van der Waals surface area contributed by atoms with E-state index in [1.54, 1.807) is 6.20 Å². The first kappa shape index (κ1) is 20.5. The molecule has 1 saturated heterocycles. The second kappa shape index (κ2) is 8.97. The molecule has 162 valence electrons. The van der Waals surface area contributed by atoms with Crippen LogP contribution >= 0.6 is 0 Å². The maximum Gasteiger partial charge on any atom is 0.255 e. The lowest BCUT2D eigenvalue weighted by molar-refractivity contribution is 0.102. The summed E-state index contributed by atoms with van der Waals surface area (Å²) in [4.78, 5) is 19.9. The van der Waals surface area contributed by atoms with Crippen molar-refractivity contribution >= 4 is 22.6 Å². The van der Waals surface area contributed by atoms with Crippen molar-refractivity contribution in [1.82, 2.24) is 9.88 Å². The average molecular weight is 426 g/mol. The Labute approximate surface area is 188 Å². The standard InChI is InChI=1S/C27H27N3O2/c1-19-13-16-30(17-14-19)25(21-10-7-15-28-18-21)26-24(22-11-5-6-12-23(22)32-26)29-27(31)20-8-3-2-4-9-20/h2-12,15,18-19,25H,13-14,16-17H2,1H3,(H,29,31)/t25-/m0/s1. The fraction of sp³-hybridized carbons (Fsp3) is 0.259. The Morgan fingerprint density at radius 3 is 2.53 bits per heavy atom. The van der Waals surface area contributed by atoms with E-state index in [0.717, 1.165) is 53.9 Å². The zero-order valence-corrected chi connectivity index (χ0v) is 18.2. The minimum atomic E-state index is -0.143. The number of piperidine rings is 1. The lowest BCUT2D eigenvalue weighted by Crippen LogP contribution is -2.37. The number of carbonyl (C=O) groups excluding carboxylic acids is 1. The van der Waals surface area contributed by atoms with E-state index >= 15 is 0 Å². The van der Waals surface area contributed by atoms with Crippen molar-refractivity contribution in [2.45, 2.75) is 25.8 Å². The SMILES string of the molecule is CC1CCN([C@@H](c2cccnc2)c2oc3ccccc3c2NC(=O)c2ccccc2)CC1. The highest BCUT2D eigenvalue weighted by molar-refractivity contribution is 6.09. The molecule has 5 nitrogen and oxygen atoms in total. The summed E-state index contributed by atoms with van der Waals surface area (Å²) in [5.74, 6) is 1.34. The van der Waals surface area contributed by atoms with Gasteiger partial charge in [0.25, 0.3) is 5.91 Å². The quantitative estimate of drug-likeness (QED) is 0.432. The summed E-state index contributed by atoms with van der Waals surface area (Å²) in [6, 6.07) is 21.1. The molecule has 0 bridgehead atoms. The first-order chi connectivity index (χ1) is 15.7. The Morgan fingerprint density at radius 1 is 1.03 bits per heavy atom. The molecule has 2 aromatic heterocycles. The van der Waals surface area contributed by atoms with E-state index in [9.17, 15) is 4.79 Å². The van der Waals surface area contributed by atoms with Crippen LogP contribution in [-0.4, -0.2) is 28.9 Å². The normalized spacial score (nSPS) is 16.2. The molecule has 1 aliphatic heterocycles. The monoisotopic (exact) mass is 425 g/mol. The van der Waals surface area contributed by atoms with E-state index in [-0.39, 0.29) is 11.9 Å². The number of amides is 1. The third kappa shape index (κ3) is 4.04. The number of rotatable bonds is 5. The molecule has 1 amide bonds. The van der Waals surface area contributed by atoms with E-state index < -0.39 is 0 Å². The van der Waals surface area contributed by atoms with E-state index in [1.807, 2.05) is 66.9 Å². The zero-order valence-electron chi connectivity index (χ0n) is 18.2. The zero-order chi connectivity index (χ0) is 21.9. The Balaban J connectivity index is 1.62. The molecule has 0 spiro atoms. The van der Waals surface area contributed by atoms with Crippen molar-refractivity contribution in [3.05, 3.63) is 96.0 Å². The van der Waals surface area contributed by atoms with Gasteiger partial charge < -0.3 is 9.73 Å². The number of hydrogen-bond donors (Lipinski definition) is 1. The maximum atomic E-state index is 13.1. The van der Waals surface area contributed by atoms with Gasteiger partial charge in [0, 0.05) is 23.3 Å². The first-order valence-corrected chi connectivity index (χ1v) is 11.2. The number of fused-ring (bicyclic) bond motifs is 1. The highest BCUT2D eigenvalue weighted by Gasteiger charge is 2.32. The van der Waals surface area contributed by atoms with Crippen LogP contribution in [-0.2, 0) is 0 Å². The van der Waals surface area contributed by atoms with Gasteiger partial charge in [0.05, 0.1) is 11.7 Å². The van der Waals surface area contributed by atoms with Crippen molar-refractivity contribution in [2.75, 3.05) is 18.4 Å². The van der Waals surface area contributed by atoms with Crippen LogP contribution in [0.2, 0.25) is 0 Å². The highest BCUT2D eigenvalue weighted by Crippen LogP contribution is 2.41. The minimum Gasteiger partial charge on any atom is -0.457 e. The third-order valence-electron chi connectivity index (χ3n) is 6.33. The second-order valence-electron chi connectivity index (χ2n) is 8.57. The van der Waals surface area contributed by atoms with Crippen molar-refractivity contribution in [3.8, 4) is 0 Å². The topological polar surface area (TPSA) is 58.4 Å². The number of para-hydroxylation sites is 1. The molecule has 32 heavy (non-hydrogen) atoms. The third-order valence-corrected chi connectivity index (χ3v) is 6.33. The molecule has 1 N–H and O–H groups in total. The number of hydrogen-bond acceptors (Lipinski definition) is 4. The Kier molecular flexibility index (Phi) is 5.73. The number of aromatic nitrogens is 1. The van der Waals surface area contributed by atoms with Gasteiger partial charge in [0.15, 0.2) is 5.76 Å². The highest BCUT2D eigenvalue weighted by atomic mass is 16.3. The smallest absolute Gasteiger partial charge is 0.255 e. The molecule has 5 rings (SSSR count). The number of nitrogens with one attached hydrogen (secondary N) is 1. The van der Waals surface area contributed by atoms with Crippen LogP contribution in [0.1, 0.15) is 47.5 Å². The van der Waals surface area contributed by atoms with Gasteiger partial charge in [0.2, 0.25) is 0 Å². The maximum absolute atomic E-state index is 13.1. The van der Waals surface area contributed by atoms with Gasteiger partial charge in [0.1, 0.15) is 5.58 Å². The number of furan rings is 1. The van der Waals surface area contributed by atoms with Gasteiger partial charge in [-0.25, -0.2) is 0 Å². The van der Waals surface area contributed by atoms with E-state index in [2.05, 4.69) is 28.2 Å². The summed E-state index contributed by atoms with van der Waals surface area (Å²) >= 11 is 0. The summed E-state index contributed by atoms with van der Waals surface area (Å²) in [7, 11) is 0. The van der Waals surface area contributed by atoms with Crippen LogP contribution in [0.5, 0.6) is 0 Å². The molecule has 2 aromatic carbocycles. The number of pyridine rings is 1. The molecular weight excluding hydrogens is 398 g/mol. The van der Waals surface area contributed by atoms with E-state index in [4.69, 9.17) is 4.42 Å². The van der Waals surface area contributed by atoms with Gasteiger partial charge in [-0.1, -0.05) is 43.3 Å². The van der Waals surface area contributed by atoms with E-state index in [1.165, 1.54) is 0 Å². The number of carbonyl (C=O) groups is 1. The van der Waals surface area contributed by atoms with Crippen LogP contribution in [0.25, 0.3) is 11.0 Å². The average Bonchev–Trinajstić information content (AvgIpc) is 3.19. The van der Waals surface area contributed by atoms with Crippen LogP contribution in [0.4, 0.5) is 5.69 Å². The summed E-state index contributed by atoms with van der Waals surface area (Å²) < 4.78 is 6.45. The van der Waals surface area contributed by atoms with Crippen molar-refractivity contribution in [1.29, 1.82) is 0 Å². The molecule has 0 unspecified atom stereocenters. The van der Waals surface area contributed by atoms with Crippen molar-refractivity contribution < 1.29 is 9.21 Å². The lowest BCUT2D eigenvalue weighted by Gasteiger charge is -2.36. The van der Waals surface area contributed by atoms with Crippen LogP contribution in [0.15, 0.2) is 83.5 Å². The largest absolute Gasteiger partial charge is 0.457 e. The van der Waals surface area contributed by atoms with Crippen LogP contribution < -0.4 is 5.32 Å². The van der Waals surface area contributed by atoms with Gasteiger partial charge in [-0.3, -0.25) is 14.7 Å². The van der Waals surface area contributed by atoms with Gasteiger partial charge >= 0.3 is 0 Å². The Hall–Kier alpha value is -3.44. The van der Waals surface area contributed by atoms with Crippen molar-refractivity contribution in [3.63, 3.8) is 0 Å². The summed E-state index contributed by atoms with van der Waals surface area (Å²) in [6.07, 6.45) is 5.97. The molecule has 1 aliphatic rings. The summed E-state index contributed by atoms with van der Waals surface area (Å²) in [5.41, 5.74) is 3.19. The van der Waals surface area contributed by atoms with Gasteiger partial charge in [-0.15, -0.1) is 0 Å². The molecule has 4 aromatic rings. The Bertz CT molecular complexity index is 1200. The fourth-order valence-corrected chi connectivity index (χ4v) is 4.51. The van der Waals surface area contributed by atoms with Crippen molar-refractivity contribution in [2.24, 2.45) is 5.92 Å². The molecule has 3 heterocycles. The predicted molar refractivity (Wildman–Crippen MR) is 127 cm³/mol. The number of nitrogens with zero attached hydrogens (tertiary/aromatic N) is 2. The van der Waals surface area contributed by atoms with E-state index in [0.29, 0.717) is 11.5 Å². The summed E-state index contributed by atoms with van der Waals surface area (Å²) in [6.45, 7) is 4.26. The predicted octanol–water partition coefficient (Wildman–Crippen LogP) is 5.90. The number of likely N-dealkylation sites (tertiary alicyclic amines) is 1. The lowest BCUT2D eigenvalue weighted by atomic mass is 9.94. The minimum absolute atomic E-state index is 0.116. The molecular formula is C27H27N3O2. The molecule has 0 aliphatic carbocycles. The fourth-order valence-electron chi connectivity index (χ4n) is 4.51.